The number of allylic oxidation sites excluding steroid dienone is 1. The molecule has 2 atom stereocenters. The molecule has 0 spiro atoms. The highest BCUT2D eigenvalue weighted by Gasteiger charge is 2.26. The summed E-state index contributed by atoms with van der Waals surface area (Å²) in [6.07, 6.45) is 11.5. The van der Waals surface area contributed by atoms with E-state index < -0.39 is 11.6 Å². The van der Waals surface area contributed by atoms with Crippen LogP contribution in [-0.4, -0.2) is 19.8 Å². The molecule has 1 saturated heterocycles. The maximum Gasteiger partial charge on any atom is 0.204 e. The second-order valence-corrected chi connectivity index (χ2v) is 9.95. The summed E-state index contributed by atoms with van der Waals surface area (Å²) in [6.45, 7) is 6.69. The van der Waals surface area contributed by atoms with E-state index in [1.807, 2.05) is 6.08 Å². The van der Waals surface area contributed by atoms with Gasteiger partial charge in [0.1, 0.15) is 0 Å². The SMILES string of the molecule is C=CCCC1CCC(c2ccc(C3CCC(COc4ccc(OCC)c(F)c4F)CO3)cc2)CC1. The van der Waals surface area contributed by atoms with Crippen LogP contribution in [0.4, 0.5) is 8.78 Å². The van der Waals surface area contributed by atoms with Gasteiger partial charge in [-0.2, -0.15) is 8.78 Å². The average Bonchev–Trinajstić information content (AvgIpc) is 2.90. The van der Waals surface area contributed by atoms with E-state index in [0.29, 0.717) is 19.1 Å². The molecule has 3 nitrogen and oxygen atoms in total. The maximum absolute atomic E-state index is 14.2. The molecular formula is C30H38F2O3. The molecule has 190 valence electrons. The third kappa shape index (κ3) is 6.63. The van der Waals surface area contributed by atoms with Crippen LogP contribution in [0.25, 0.3) is 0 Å². The molecule has 1 aliphatic carbocycles. The first-order valence-corrected chi connectivity index (χ1v) is 13.1. The zero-order valence-electron chi connectivity index (χ0n) is 20.8. The number of halogens is 2. The predicted octanol–water partition coefficient (Wildman–Crippen LogP) is 8.15. The summed E-state index contributed by atoms with van der Waals surface area (Å²) in [5, 5.41) is 0. The van der Waals surface area contributed by atoms with E-state index in [9.17, 15) is 8.78 Å². The van der Waals surface area contributed by atoms with E-state index in [1.165, 1.54) is 55.4 Å². The van der Waals surface area contributed by atoms with Gasteiger partial charge in [-0.1, -0.05) is 30.3 Å². The van der Waals surface area contributed by atoms with Gasteiger partial charge in [0.25, 0.3) is 0 Å². The lowest BCUT2D eigenvalue weighted by molar-refractivity contribution is -0.0289. The van der Waals surface area contributed by atoms with E-state index in [-0.39, 0.29) is 30.1 Å². The van der Waals surface area contributed by atoms with Crippen LogP contribution in [0.1, 0.15) is 81.4 Å². The first-order chi connectivity index (χ1) is 17.1. The van der Waals surface area contributed by atoms with Gasteiger partial charge in [0.15, 0.2) is 11.5 Å². The summed E-state index contributed by atoms with van der Waals surface area (Å²) in [5.74, 6) is -0.506. The summed E-state index contributed by atoms with van der Waals surface area (Å²) in [7, 11) is 0. The van der Waals surface area contributed by atoms with E-state index in [2.05, 4.69) is 30.8 Å². The molecule has 2 aliphatic rings. The number of hydrogen-bond acceptors (Lipinski definition) is 3. The van der Waals surface area contributed by atoms with Crippen LogP contribution in [0, 0.1) is 23.5 Å². The summed E-state index contributed by atoms with van der Waals surface area (Å²) in [5.41, 5.74) is 2.66. The largest absolute Gasteiger partial charge is 0.491 e. The molecule has 1 heterocycles. The fourth-order valence-electron chi connectivity index (χ4n) is 5.42. The smallest absolute Gasteiger partial charge is 0.204 e. The van der Waals surface area contributed by atoms with Gasteiger partial charge in [-0.3, -0.25) is 0 Å². The molecule has 1 saturated carbocycles. The van der Waals surface area contributed by atoms with Crippen LogP contribution in [-0.2, 0) is 4.74 Å². The molecule has 4 rings (SSSR count). The topological polar surface area (TPSA) is 27.7 Å². The van der Waals surface area contributed by atoms with Crippen molar-refractivity contribution >= 4 is 0 Å². The third-order valence-corrected chi connectivity index (χ3v) is 7.56. The van der Waals surface area contributed by atoms with Crippen LogP contribution < -0.4 is 9.47 Å². The number of hydrogen-bond donors (Lipinski definition) is 0. The summed E-state index contributed by atoms with van der Waals surface area (Å²) in [6, 6.07) is 11.8. The van der Waals surface area contributed by atoms with Gasteiger partial charge in [0, 0.05) is 5.92 Å². The lowest BCUT2D eigenvalue weighted by Crippen LogP contribution is -2.25. The van der Waals surface area contributed by atoms with Crippen LogP contribution in [0.5, 0.6) is 11.5 Å². The molecule has 2 fully saturated rings. The van der Waals surface area contributed by atoms with Crippen molar-refractivity contribution in [3.05, 3.63) is 71.8 Å². The van der Waals surface area contributed by atoms with Crippen LogP contribution >= 0.6 is 0 Å². The normalized spacial score (nSPS) is 24.7. The number of ether oxygens (including phenoxy) is 3. The molecule has 0 bridgehead atoms. The van der Waals surface area contributed by atoms with Gasteiger partial charge in [0.2, 0.25) is 11.6 Å². The molecule has 1 aliphatic heterocycles. The van der Waals surface area contributed by atoms with Crippen molar-refractivity contribution in [1.82, 2.24) is 0 Å². The van der Waals surface area contributed by atoms with Gasteiger partial charge >= 0.3 is 0 Å². The van der Waals surface area contributed by atoms with Gasteiger partial charge in [0.05, 0.1) is 25.9 Å². The fourth-order valence-corrected chi connectivity index (χ4v) is 5.42. The lowest BCUT2D eigenvalue weighted by Gasteiger charge is -2.30. The molecule has 0 radical (unpaired) electrons. The second-order valence-electron chi connectivity index (χ2n) is 9.95. The van der Waals surface area contributed by atoms with Crippen molar-refractivity contribution in [3.8, 4) is 11.5 Å². The Morgan fingerprint density at radius 2 is 1.49 bits per heavy atom. The molecule has 2 aromatic carbocycles. The van der Waals surface area contributed by atoms with Crippen molar-refractivity contribution in [3.63, 3.8) is 0 Å². The molecule has 35 heavy (non-hydrogen) atoms. The highest BCUT2D eigenvalue weighted by molar-refractivity contribution is 5.35. The zero-order valence-corrected chi connectivity index (χ0v) is 20.8. The van der Waals surface area contributed by atoms with Crippen LogP contribution in [0.15, 0.2) is 49.1 Å². The molecule has 0 N–H and O–H groups in total. The van der Waals surface area contributed by atoms with Gasteiger partial charge in [-0.25, -0.2) is 0 Å². The Morgan fingerprint density at radius 1 is 0.857 bits per heavy atom. The van der Waals surface area contributed by atoms with E-state index in [1.54, 1.807) is 6.92 Å². The van der Waals surface area contributed by atoms with Crippen molar-refractivity contribution in [1.29, 1.82) is 0 Å². The summed E-state index contributed by atoms with van der Waals surface area (Å²) >= 11 is 0. The second kappa shape index (κ2) is 12.5. The first kappa shape index (κ1) is 25.7. The molecular weight excluding hydrogens is 446 g/mol. The Bertz CT molecular complexity index is 943. The van der Waals surface area contributed by atoms with Crippen LogP contribution in [0.3, 0.4) is 0 Å². The van der Waals surface area contributed by atoms with E-state index in [4.69, 9.17) is 14.2 Å². The van der Waals surface area contributed by atoms with Gasteiger partial charge in [-0.05, 0) is 93.4 Å². The highest BCUT2D eigenvalue weighted by Crippen LogP contribution is 2.39. The number of benzene rings is 2. The highest BCUT2D eigenvalue weighted by atomic mass is 19.2. The Morgan fingerprint density at radius 3 is 2.09 bits per heavy atom. The van der Waals surface area contributed by atoms with Crippen molar-refractivity contribution in [2.75, 3.05) is 19.8 Å². The minimum atomic E-state index is -1.01. The molecule has 2 unspecified atom stereocenters. The van der Waals surface area contributed by atoms with E-state index in [0.717, 1.165) is 25.2 Å². The van der Waals surface area contributed by atoms with Gasteiger partial charge in [-0.15, -0.1) is 6.58 Å². The molecule has 2 aromatic rings. The maximum atomic E-state index is 14.2. The summed E-state index contributed by atoms with van der Waals surface area (Å²) in [4.78, 5) is 0. The standard InChI is InChI=1S/C30H38F2O3/c1-3-5-6-21-7-10-23(11-8-21)24-12-14-25(15-13-24)26-16-9-22(19-34-26)20-35-28-18-17-27(33-4-2)29(31)30(28)32/h3,12-15,17-18,21-23,26H,1,4-11,16,19-20H2,2H3. The average molecular weight is 485 g/mol. The van der Waals surface area contributed by atoms with E-state index >= 15 is 0 Å². The van der Waals surface area contributed by atoms with Crippen molar-refractivity contribution < 1.29 is 23.0 Å². The molecule has 0 aromatic heterocycles. The zero-order chi connectivity index (χ0) is 24.6. The van der Waals surface area contributed by atoms with Crippen molar-refractivity contribution in [2.45, 2.75) is 70.3 Å². The monoisotopic (exact) mass is 484 g/mol. The minimum Gasteiger partial charge on any atom is -0.491 e. The number of rotatable bonds is 10. The quantitative estimate of drug-likeness (QED) is 0.319. The summed E-state index contributed by atoms with van der Waals surface area (Å²) < 4.78 is 45.1. The third-order valence-electron chi connectivity index (χ3n) is 7.56. The van der Waals surface area contributed by atoms with Crippen molar-refractivity contribution in [2.24, 2.45) is 11.8 Å². The Kier molecular flexibility index (Phi) is 9.19. The lowest BCUT2D eigenvalue weighted by atomic mass is 9.77. The van der Waals surface area contributed by atoms with Crippen LogP contribution in [0.2, 0.25) is 0 Å². The molecule has 5 heteroatoms. The Hall–Kier alpha value is -2.40. The minimum absolute atomic E-state index is 0.0783. The fraction of sp³-hybridized carbons (Fsp3) is 0.533. The van der Waals surface area contributed by atoms with Gasteiger partial charge < -0.3 is 14.2 Å². The Balaban J connectivity index is 1.23. The molecule has 0 amide bonds. The predicted molar refractivity (Wildman–Crippen MR) is 135 cm³/mol. The first-order valence-electron chi connectivity index (χ1n) is 13.1. The Labute approximate surface area is 208 Å².